The molecule has 1 amide bonds. The molecule has 0 radical (unpaired) electrons. The summed E-state index contributed by atoms with van der Waals surface area (Å²) in [6.07, 6.45) is 5.16. The van der Waals surface area contributed by atoms with Crippen molar-refractivity contribution in [2.45, 2.75) is 17.9 Å². The lowest BCUT2D eigenvalue weighted by Gasteiger charge is -2.21. The zero-order valence-corrected chi connectivity index (χ0v) is 15.5. The predicted octanol–water partition coefficient (Wildman–Crippen LogP) is 1.57. The van der Waals surface area contributed by atoms with Crippen LogP contribution in [0.3, 0.4) is 0 Å². The highest BCUT2D eigenvalue weighted by atomic mass is 32.2. The maximum absolute atomic E-state index is 12.7. The van der Waals surface area contributed by atoms with E-state index in [1.165, 1.54) is 23.9 Å². The molecule has 1 atom stereocenters. The number of aromatic nitrogens is 1. The van der Waals surface area contributed by atoms with Crippen molar-refractivity contribution in [2.24, 2.45) is 0 Å². The van der Waals surface area contributed by atoms with Gasteiger partial charge in [0.2, 0.25) is 10.0 Å². The van der Waals surface area contributed by atoms with Gasteiger partial charge in [-0.1, -0.05) is 6.07 Å². The van der Waals surface area contributed by atoms with Gasteiger partial charge < -0.3 is 0 Å². The Hall–Kier alpha value is -2.15. The standard InChI is InChI=1S/C16H18N4O3S2/c1-3-20(11-17)16(21)15(10-24-2)19-25(22,23)13-6-7-14-12(9-13)5-4-8-18-14/h4-9,15,19H,3,10H2,1-2H3. The normalized spacial score (nSPS) is 12.5. The SMILES string of the molecule is CCN(C#N)C(=O)C(CSC)NS(=O)(=O)c1ccc2ncccc2c1. The Morgan fingerprint density at radius 1 is 1.44 bits per heavy atom. The van der Waals surface area contributed by atoms with Gasteiger partial charge in [0.05, 0.1) is 10.4 Å². The number of nitriles is 1. The van der Waals surface area contributed by atoms with E-state index in [-0.39, 0.29) is 17.2 Å². The minimum absolute atomic E-state index is 0.0481. The molecule has 1 heterocycles. The summed E-state index contributed by atoms with van der Waals surface area (Å²) in [5.41, 5.74) is 0.680. The van der Waals surface area contributed by atoms with Crippen molar-refractivity contribution < 1.29 is 13.2 Å². The molecule has 9 heteroatoms. The van der Waals surface area contributed by atoms with Crippen LogP contribution in [-0.4, -0.2) is 48.8 Å². The van der Waals surface area contributed by atoms with E-state index in [9.17, 15) is 13.2 Å². The highest BCUT2D eigenvalue weighted by molar-refractivity contribution is 7.98. The number of carbonyl (C=O) groups excluding carboxylic acids is 1. The van der Waals surface area contributed by atoms with Crippen LogP contribution in [0.4, 0.5) is 0 Å². The van der Waals surface area contributed by atoms with Crippen LogP contribution in [0.5, 0.6) is 0 Å². The highest BCUT2D eigenvalue weighted by Gasteiger charge is 2.28. The van der Waals surface area contributed by atoms with Crippen LogP contribution in [0.1, 0.15) is 6.92 Å². The second-order valence-electron chi connectivity index (χ2n) is 5.17. The van der Waals surface area contributed by atoms with Crippen LogP contribution in [-0.2, 0) is 14.8 Å². The number of likely N-dealkylation sites (N-methyl/N-ethyl adjacent to an activating group) is 1. The maximum atomic E-state index is 12.7. The van der Waals surface area contributed by atoms with Gasteiger partial charge in [0, 0.05) is 23.9 Å². The van der Waals surface area contributed by atoms with Crippen molar-refractivity contribution in [3.05, 3.63) is 36.5 Å². The number of thioether (sulfide) groups is 1. The van der Waals surface area contributed by atoms with Crippen molar-refractivity contribution >= 4 is 38.6 Å². The van der Waals surface area contributed by atoms with E-state index >= 15 is 0 Å². The molecule has 0 aliphatic rings. The van der Waals surface area contributed by atoms with Crippen LogP contribution >= 0.6 is 11.8 Å². The molecule has 2 rings (SSSR count). The first-order chi connectivity index (χ1) is 11.9. The Balaban J connectivity index is 2.32. The molecule has 0 fully saturated rings. The van der Waals surface area contributed by atoms with Crippen molar-refractivity contribution in [1.29, 1.82) is 5.26 Å². The summed E-state index contributed by atoms with van der Waals surface area (Å²) in [6, 6.07) is 7.04. The molecule has 132 valence electrons. The first kappa shape index (κ1) is 19.2. The third-order valence-electron chi connectivity index (χ3n) is 3.52. The maximum Gasteiger partial charge on any atom is 0.254 e. The molecule has 25 heavy (non-hydrogen) atoms. The lowest BCUT2D eigenvalue weighted by Crippen LogP contribution is -2.48. The first-order valence-electron chi connectivity index (χ1n) is 7.50. The van der Waals surface area contributed by atoms with Crippen molar-refractivity contribution in [3.63, 3.8) is 0 Å². The molecule has 1 N–H and O–H groups in total. The fraction of sp³-hybridized carbons (Fsp3) is 0.312. The topological polar surface area (TPSA) is 103 Å². The molecule has 0 saturated heterocycles. The molecule has 2 aromatic rings. The molecule has 0 aliphatic heterocycles. The van der Waals surface area contributed by atoms with E-state index in [0.717, 1.165) is 4.90 Å². The molecule has 0 aliphatic carbocycles. The second-order valence-corrected chi connectivity index (χ2v) is 7.79. The Morgan fingerprint density at radius 2 is 2.20 bits per heavy atom. The third-order valence-corrected chi connectivity index (χ3v) is 5.65. The number of benzene rings is 1. The fourth-order valence-corrected chi connectivity index (χ4v) is 4.15. The molecule has 7 nitrogen and oxygen atoms in total. The Kier molecular flexibility index (Phi) is 6.36. The molecular formula is C16H18N4O3S2. The molecule has 1 aromatic carbocycles. The smallest absolute Gasteiger partial charge is 0.254 e. The summed E-state index contributed by atoms with van der Waals surface area (Å²) in [5.74, 6) is -0.337. The van der Waals surface area contributed by atoms with Crippen LogP contribution in [0.2, 0.25) is 0 Å². The Bertz CT molecular complexity index is 909. The van der Waals surface area contributed by atoms with Gasteiger partial charge in [0.25, 0.3) is 5.91 Å². The van der Waals surface area contributed by atoms with E-state index in [1.807, 2.05) is 0 Å². The van der Waals surface area contributed by atoms with Gasteiger partial charge in [0.1, 0.15) is 6.04 Å². The van der Waals surface area contributed by atoms with Crippen LogP contribution in [0.15, 0.2) is 41.4 Å². The highest BCUT2D eigenvalue weighted by Crippen LogP contribution is 2.18. The van der Waals surface area contributed by atoms with E-state index < -0.39 is 22.0 Å². The molecule has 1 unspecified atom stereocenters. The van der Waals surface area contributed by atoms with Crippen molar-refractivity contribution in [1.82, 2.24) is 14.6 Å². The number of carbonyl (C=O) groups is 1. The molecular weight excluding hydrogens is 360 g/mol. The lowest BCUT2D eigenvalue weighted by atomic mass is 10.2. The summed E-state index contributed by atoms with van der Waals surface area (Å²) < 4.78 is 27.8. The number of nitrogens with one attached hydrogen (secondary N) is 1. The molecule has 1 aromatic heterocycles. The minimum Gasteiger partial charge on any atom is -0.272 e. The Morgan fingerprint density at radius 3 is 2.84 bits per heavy atom. The third kappa shape index (κ3) is 4.48. The van der Waals surface area contributed by atoms with Crippen LogP contribution in [0.25, 0.3) is 10.9 Å². The summed E-state index contributed by atoms with van der Waals surface area (Å²) in [6.45, 7) is 1.84. The molecule has 0 spiro atoms. The van der Waals surface area contributed by atoms with Crippen molar-refractivity contribution in [2.75, 3.05) is 18.6 Å². The number of fused-ring (bicyclic) bond motifs is 1. The zero-order chi connectivity index (χ0) is 18.4. The van der Waals surface area contributed by atoms with Gasteiger partial charge in [-0.15, -0.1) is 0 Å². The number of hydrogen-bond acceptors (Lipinski definition) is 6. The number of amides is 1. The number of nitrogens with zero attached hydrogens (tertiary/aromatic N) is 3. The average molecular weight is 378 g/mol. The van der Waals surface area contributed by atoms with Crippen LogP contribution < -0.4 is 4.72 Å². The summed E-state index contributed by atoms with van der Waals surface area (Å²) in [5, 5.41) is 9.70. The lowest BCUT2D eigenvalue weighted by molar-refractivity contribution is -0.129. The van der Waals surface area contributed by atoms with E-state index in [0.29, 0.717) is 10.9 Å². The van der Waals surface area contributed by atoms with Crippen LogP contribution in [0, 0.1) is 11.5 Å². The van der Waals surface area contributed by atoms with Gasteiger partial charge in [-0.05, 0) is 37.4 Å². The van der Waals surface area contributed by atoms with Gasteiger partial charge in [-0.2, -0.15) is 21.7 Å². The monoisotopic (exact) mass is 378 g/mol. The van der Waals surface area contributed by atoms with E-state index in [1.54, 1.807) is 43.8 Å². The first-order valence-corrected chi connectivity index (χ1v) is 10.4. The predicted molar refractivity (Wildman–Crippen MR) is 97.2 cm³/mol. The zero-order valence-electron chi connectivity index (χ0n) is 13.8. The van der Waals surface area contributed by atoms with Gasteiger partial charge in [-0.25, -0.2) is 13.3 Å². The number of sulfonamides is 1. The largest absolute Gasteiger partial charge is 0.272 e. The van der Waals surface area contributed by atoms with Crippen molar-refractivity contribution in [3.8, 4) is 6.19 Å². The van der Waals surface area contributed by atoms with Gasteiger partial charge in [0.15, 0.2) is 6.19 Å². The number of hydrogen-bond donors (Lipinski definition) is 1. The fourth-order valence-electron chi connectivity index (χ4n) is 2.26. The summed E-state index contributed by atoms with van der Waals surface area (Å²) in [7, 11) is -3.92. The minimum atomic E-state index is -3.92. The molecule has 0 bridgehead atoms. The number of rotatable bonds is 7. The van der Waals surface area contributed by atoms with E-state index in [2.05, 4.69) is 9.71 Å². The average Bonchev–Trinajstić information content (AvgIpc) is 2.61. The molecule has 0 saturated carbocycles. The van der Waals surface area contributed by atoms with Gasteiger partial charge in [-0.3, -0.25) is 9.78 Å². The second kappa shape index (κ2) is 8.29. The Labute approximate surface area is 151 Å². The summed E-state index contributed by atoms with van der Waals surface area (Å²) in [4.78, 5) is 17.5. The van der Waals surface area contributed by atoms with E-state index in [4.69, 9.17) is 5.26 Å². The summed E-state index contributed by atoms with van der Waals surface area (Å²) >= 11 is 1.32. The number of pyridine rings is 1. The quantitative estimate of drug-likeness (QED) is 0.579. The van der Waals surface area contributed by atoms with Gasteiger partial charge >= 0.3 is 0 Å².